The number of nitro groups is 1. The lowest BCUT2D eigenvalue weighted by atomic mass is 9.87. The molecule has 1 aliphatic carbocycles. The van der Waals surface area contributed by atoms with Crippen LogP contribution >= 0.6 is 11.8 Å². The van der Waals surface area contributed by atoms with Crippen molar-refractivity contribution in [3.8, 4) is 0 Å². The Hall–Kier alpha value is -2.87. The minimum atomic E-state index is -0.894. The Kier molecular flexibility index (Phi) is 6.87. The van der Waals surface area contributed by atoms with Crippen LogP contribution in [0, 0.1) is 10.1 Å². The molecule has 0 saturated heterocycles. The number of aryl methyl sites for hydroxylation is 1. The minimum absolute atomic E-state index is 0.00786. The number of esters is 1. The van der Waals surface area contributed by atoms with Gasteiger partial charge in [0.15, 0.2) is 6.10 Å². The molecule has 0 unspecified atom stereocenters. The van der Waals surface area contributed by atoms with Crippen molar-refractivity contribution in [2.45, 2.75) is 43.2 Å². The number of amides is 1. The lowest BCUT2D eigenvalue weighted by Crippen LogP contribution is -2.39. The molecule has 2 aromatic carbocycles. The SMILES string of the molecule is C[C@H](OC(=O)CSc1ccc([N+](=O)[O-])cc1)C(=O)N[C@H]1CCCc2ccccc21. The van der Waals surface area contributed by atoms with E-state index in [1.807, 2.05) is 18.2 Å². The Morgan fingerprint density at radius 2 is 1.97 bits per heavy atom. The van der Waals surface area contributed by atoms with E-state index in [0.717, 1.165) is 24.8 Å². The van der Waals surface area contributed by atoms with Gasteiger partial charge in [0, 0.05) is 17.0 Å². The highest BCUT2D eigenvalue weighted by Crippen LogP contribution is 2.29. The second-order valence-electron chi connectivity index (χ2n) is 6.82. The van der Waals surface area contributed by atoms with Gasteiger partial charge in [0.05, 0.1) is 16.7 Å². The number of non-ortho nitro benzene ring substituents is 1. The van der Waals surface area contributed by atoms with Crippen LogP contribution in [-0.2, 0) is 20.7 Å². The normalized spacial score (nSPS) is 16.4. The summed E-state index contributed by atoms with van der Waals surface area (Å²) in [6.45, 7) is 1.55. The monoisotopic (exact) mass is 414 g/mol. The first-order chi connectivity index (χ1) is 13.9. The Bertz CT molecular complexity index is 900. The smallest absolute Gasteiger partial charge is 0.317 e. The van der Waals surface area contributed by atoms with Crippen LogP contribution in [0.5, 0.6) is 0 Å². The lowest BCUT2D eigenvalue weighted by molar-refractivity contribution is -0.384. The highest BCUT2D eigenvalue weighted by Gasteiger charge is 2.25. The van der Waals surface area contributed by atoms with Gasteiger partial charge in [0.1, 0.15) is 0 Å². The van der Waals surface area contributed by atoms with Gasteiger partial charge in [0.25, 0.3) is 11.6 Å². The number of hydrogen-bond donors (Lipinski definition) is 1. The Morgan fingerprint density at radius 3 is 2.69 bits per heavy atom. The number of nitrogens with zero attached hydrogens (tertiary/aromatic N) is 1. The Morgan fingerprint density at radius 1 is 1.24 bits per heavy atom. The third kappa shape index (κ3) is 5.57. The second kappa shape index (κ2) is 9.56. The maximum atomic E-state index is 12.5. The molecule has 8 heteroatoms. The van der Waals surface area contributed by atoms with Crippen LogP contribution in [0.4, 0.5) is 5.69 Å². The van der Waals surface area contributed by atoms with E-state index in [2.05, 4.69) is 11.4 Å². The average molecular weight is 414 g/mol. The quantitative estimate of drug-likeness (QED) is 0.320. The standard InChI is InChI=1S/C21H22N2O5S/c1-14(21(25)22-19-8-4-6-15-5-2-3-7-18(15)19)28-20(24)13-29-17-11-9-16(10-12-17)23(26)27/h2-3,5,7,9-12,14,19H,4,6,8,13H2,1H3,(H,22,25)/t14-,19-/m0/s1. The van der Waals surface area contributed by atoms with E-state index in [0.29, 0.717) is 4.90 Å². The van der Waals surface area contributed by atoms with E-state index in [4.69, 9.17) is 4.74 Å². The van der Waals surface area contributed by atoms with Crippen LogP contribution in [-0.4, -0.2) is 28.7 Å². The van der Waals surface area contributed by atoms with E-state index >= 15 is 0 Å². The largest absolute Gasteiger partial charge is 0.452 e. The van der Waals surface area contributed by atoms with E-state index in [1.165, 1.54) is 29.5 Å². The number of carbonyl (C=O) groups excluding carboxylic acids is 2. The summed E-state index contributed by atoms with van der Waals surface area (Å²) in [6, 6.07) is 13.9. The first-order valence-corrected chi connectivity index (χ1v) is 10.4. The first-order valence-electron chi connectivity index (χ1n) is 9.39. The van der Waals surface area contributed by atoms with Crippen LogP contribution in [0.25, 0.3) is 0 Å². The zero-order valence-corrected chi connectivity index (χ0v) is 16.8. The third-order valence-electron chi connectivity index (χ3n) is 4.77. The molecule has 7 nitrogen and oxygen atoms in total. The Labute approximate surface area is 173 Å². The van der Waals surface area contributed by atoms with Crippen molar-refractivity contribution in [2.75, 3.05) is 5.75 Å². The summed E-state index contributed by atoms with van der Waals surface area (Å²) in [5.74, 6) is -0.817. The third-order valence-corrected chi connectivity index (χ3v) is 5.75. The summed E-state index contributed by atoms with van der Waals surface area (Å²) >= 11 is 1.20. The van der Waals surface area contributed by atoms with Gasteiger partial charge >= 0.3 is 5.97 Å². The van der Waals surface area contributed by atoms with E-state index in [9.17, 15) is 19.7 Å². The molecule has 0 saturated carbocycles. The lowest BCUT2D eigenvalue weighted by Gasteiger charge is -2.27. The maximum absolute atomic E-state index is 12.5. The number of carbonyl (C=O) groups is 2. The van der Waals surface area contributed by atoms with Crippen LogP contribution < -0.4 is 5.32 Å². The fourth-order valence-electron chi connectivity index (χ4n) is 3.28. The van der Waals surface area contributed by atoms with Crippen molar-refractivity contribution in [2.24, 2.45) is 0 Å². The number of fused-ring (bicyclic) bond motifs is 1. The van der Waals surface area contributed by atoms with Crippen molar-refractivity contribution in [1.82, 2.24) is 5.32 Å². The highest BCUT2D eigenvalue weighted by atomic mass is 32.2. The summed E-state index contributed by atoms with van der Waals surface area (Å²) in [5, 5.41) is 13.6. The molecule has 0 aromatic heterocycles. The van der Waals surface area contributed by atoms with Crippen molar-refractivity contribution in [1.29, 1.82) is 0 Å². The highest BCUT2D eigenvalue weighted by molar-refractivity contribution is 8.00. The van der Waals surface area contributed by atoms with Crippen LogP contribution in [0.15, 0.2) is 53.4 Å². The number of thioether (sulfide) groups is 1. The first kappa shape index (κ1) is 20.9. The number of hydrogen-bond acceptors (Lipinski definition) is 6. The van der Waals surface area contributed by atoms with Crippen LogP contribution in [0.1, 0.15) is 36.9 Å². The van der Waals surface area contributed by atoms with Crippen molar-refractivity contribution in [3.05, 3.63) is 69.8 Å². The molecule has 152 valence electrons. The van der Waals surface area contributed by atoms with Gasteiger partial charge in [-0.1, -0.05) is 24.3 Å². The number of benzene rings is 2. The molecule has 29 heavy (non-hydrogen) atoms. The molecular weight excluding hydrogens is 392 g/mol. The fraction of sp³-hybridized carbons (Fsp3) is 0.333. The van der Waals surface area contributed by atoms with Crippen molar-refractivity contribution in [3.63, 3.8) is 0 Å². The van der Waals surface area contributed by atoms with E-state index in [-0.39, 0.29) is 23.4 Å². The molecule has 0 spiro atoms. The van der Waals surface area contributed by atoms with Gasteiger partial charge in [0.2, 0.25) is 0 Å². The summed E-state index contributed by atoms with van der Waals surface area (Å²) in [6.07, 6.45) is 1.98. The molecule has 1 aliphatic rings. The van der Waals surface area contributed by atoms with Crippen molar-refractivity contribution >= 4 is 29.3 Å². The molecule has 1 amide bonds. The summed E-state index contributed by atoms with van der Waals surface area (Å²) in [7, 11) is 0. The van der Waals surface area contributed by atoms with Gasteiger partial charge < -0.3 is 10.1 Å². The second-order valence-corrected chi connectivity index (χ2v) is 7.87. The number of nitro benzene ring substituents is 1. The van der Waals surface area contributed by atoms with Crippen molar-refractivity contribution < 1.29 is 19.2 Å². The topological polar surface area (TPSA) is 98.5 Å². The molecular formula is C21H22N2O5S. The van der Waals surface area contributed by atoms with Crippen LogP contribution in [0.3, 0.4) is 0 Å². The number of rotatable bonds is 7. The van der Waals surface area contributed by atoms with Gasteiger partial charge in [-0.25, -0.2) is 0 Å². The zero-order valence-electron chi connectivity index (χ0n) is 16.0. The molecule has 2 aromatic rings. The molecule has 0 fully saturated rings. The Balaban J connectivity index is 1.48. The number of nitrogens with one attached hydrogen (secondary N) is 1. The van der Waals surface area contributed by atoms with Crippen LogP contribution in [0.2, 0.25) is 0 Å². The molecule has 0 radical (unpaired) electrons. The summed E-state index contributed by atoms with van der Waals surface area (Å²) < 4.78 is 5.25. The molecule has 1 N–H and O–H groups in total. The fourth-order valence-corrected chi connectivity index (χ4v) is 3.97. The molecule has 2 atom stereocenters. The average Bonchev–Trinajstić information content (AvgIpc) is 2.72. The maximum Gasteiger partial charge on any atom is 0.317 e. The molecule has 0 aliphatic heterocycles. The van der Waals surface area contributed by atoms with Gasteiger partial charge in [-0.05, 0) is 49.4 Å². The number of ether oxygens (including phenoxy) is 1. The molecule has 0 heterocycles. The van der Waals surface area contributed by atoms with E-state index in [1.54, 1.807) is 19.1 Å². The summed E-state index contributed by atoms with van der Waals surface area (Å²) in [4.78, 5) is 35.4. The van der Waals surface area contributed by atoms with E-state index < -0.39 is 17.0 Å². The van der Waals surface area contributed by atoms with Gasteiger partial charge in [-0.15, -0.1) is 11.8 Å². The van der Waals surface area contributed by atoms with Gasteiger partial charge in [-0.2, -0.15) is 0 Å². The minimum Gasteiger partial charge on any atom is -0.452 e. The predicted octanol–water partition coefficient (Wildman–Crippen LogP) is 3.81. The zero-order chi connectivity index (χ0) is 20.8. The predicted molar refractivity (Wildman–Crippen MR) is 110 cm³/mol. The molecule has 0 bridgehead atoms. The van der Waals surface area contributed by atoms with Gasteiger partial charge in [-0.3, -0.25) is 19.7 Å². The summed E-state index contributed by atoms with van der Waals surface area (Å²) in [5.41, 5.74) is 2.36. The molecule has 3 rings (SSSR count).